The summed E-state index contributed by atoms with van der Waals surface area (Å²) in [5.41, 5.74) is 1.09. The first-order valence-electron chi connectivity index (χ1n) is 11.5. The minimum Gasteiger partial charge on any atom is -0.459 e. The molecule has 182 valence electrons. The number of furan rings is 2. The monoisotopic (exact) mass is 485 g/mol. The maximum absolute atomic E-state index is 13.5. The predicted octanol–water partition coefficient (Wildman–Crippen LogP) is 3.09. The summed E-state index contributed by atoms with van der Waals surface area (Å²) in [5, 5.41) is 12.4. The quantitative estimate of drug-likeness (QED) is 0.423. The fraction of sp³-hybridized carbons (Fsp3) is 0.231. The molecule has 4 aromatic rings. The molecule has 10 nitrogen and oxygen atoms in total. The molecule has 4 heterocycles. The molecular weight excluding hydrogens is 462 g/mol. The van der Waals surface area contributed by atoms with Crippen LogP contribution in [0.2, 0.25) is 0 Å². The third-order valence-corrected chi connectivity index (χ3v) is 5.96. The van der Waals surface area contributed by atoms with E-state index in [0.717, 1.165) is 5.56 Å². The van der Waals surface area contributed by atoms with Gasteiger partial charge in [0, 0.05) is 32.6 Å². The van der Waals surface area contributed by atoms with Crippen molar-refractivity contribution in [3.63, 3.8) is 0 Å². The maximum Gasteiger partial charge on any atom is 0.287 e. The van der Waals surface area contributed by atoms with Gasteiger partial charge in [0.2, 0.25) is 17.5 Å². The van der Waals surface area contributed by atoms with E-state index in [1.165, 1.54) is 12.5 Å². The molecule has 1 fully saturated rings. The van der Waals surface area contributed by atoms with Crippen molar-refractivity contribution in [2.24, 2.45) is 0 Å². The Morgan fingerprint density at radius 2 is 1.75 bits per heavy atom. The van der Waals surface area contributed by atoms with E-state index in [4.69, 9.17) is 13.3 Å². The first kappa shape index (κ1) is 23.0. The maximum atomic E-state index is 13.5. The minimum absolute atomic E-state index is 0.146. The second kappa shape index (κ2) is 10.2. The summed E-state index contributed by atoms with van der Waals surface area (Å²) in [5.74, 6) is 0.526. The van der Waals surface area contributed by atoms with E-state index in [1.807, 2.05) is 35.2 Å². The summed E-state index contributed by atoms with van der Waals surface area (Å²) < 4.78 is 16.3. The van der Waals surface area contributed by atoms with Gasteiger partial charge < -0.3 is 28.4 Å². The topological polar surface area (TPSA) is 129 Å². The molecule has 1 atom stereocenters. The number of amides is 2. The molecule has 10 heteroatoms. The van der Waals surface area contributed by atoms with Crippen molar-refractivity contribution in [2.75, 3.05) is 31.1 Å². The first-order valence-corrected chi connectivity index (χ1v) is 11.5. The van der Waals surface area contributed by atoms with Gasteiger partial charge in [-0.25, -0.2) is 0 Å². The highest BCUT2D eigenvalue weighted by molar-refractivity contribution is 5.95. The molecular formula is C26H23N5O5. The Kier molecular flexibility index (Phi) is 6.53. The van der Waals surface area contributed by atoms with E-state index in [1.54, 1.807) is 29.2 Å². The number of benzene rings is 1. The average Bonchev–Trinajstić information content (AvgIpc) is 3.70. The van der Waals surface area contributed by atoms with Gasteiger partial charge >= 0.3 is 0 Å². The SMILES string of the molecule is N#Cc1nc(-c2ccco2)oc1N1CCN(C(=O)C(Cc2ccccc2)NC(=O)c2ccco2)CC1. The van der Waals surface area contributed by atoms with Gasteiger partial charge in [0.15, 0.2) is 11.5 Å². The molecule has 0 spiro atoms. The zero-order valence-corrected chi connectivity index (χ0v) is 19.3. The van der Waals surface area contributed by atoms with Crippen LogP contribution in [0.15, 0.2) is 80.4 Å². The number of hydrogen-bond donors (Lipinski definition) is 1. The second-order valence-electron chi connectivity index (χ2n) is 8.27. The zero-order valence-electron chi connectivity index (χ0n) is 19.3. The van der Waals surface area contributed by atoms with Crippen molar-refractivity contribution in [1.29, 1.82) is 5.26 Å². The van der Waals surface area contributed by atoms with Crippen LogP contribution < -0.4 is 10.2 Å². The first-order chi connectivity index (χ1) is 17.6. The lowest BCUT2D eigenvalue weighted by Gasteiger charge is -2.36. The number of rotatable bonds is 7. The second-order valence-corrected chi connectivity index (χ2v) is 8.27. The van der Waals surface area contributed by atoms with Crippen LogP contribution in [0.4, 0.5) is 5.88 Å². The number of nitriles is 1. The van der Waals surface area contributed by atoms with Gasteiger partial charge in [-0.15, -0.1) is 0 Å². The van der Waals surface area contributed by atoms with Gasteiger partial charge in [0.1, 0.15) is 12.1 Å². The van der Waals surface area contributed by atoms with E-state index >= 15 is 0 Å². The van der Waals surface area contributed by atoms with Crippen LogP contribution in [-0.4, -0.2) is 53.9 Å². The van der Waals surface area contributed by atoms with Gasteiger partial charge in [0.25, 0.3) is 11.8 Å². The summed E-state index contributed by atoms with van der Waals surface area (Å²) in [4.78, 5) is 34.0. The molecule has 0 bridgehead atoms. The minimum atomic E-state index is -0.762. The van der Waals surface area contributed by atoms with Crippen molar-refractivity contribution < 1.29 is 22.8 Å². The number of anilines is 1. The molecule has 2 amide bonds. The normalized spacial score (nSPS) is 14.3. The predicted molar refractivity (Wildman–Crippen MR) is 128 cm³/mol. The number of aromatic nitrogens is 1. The lowest BCUT2D eigenvalue weighted by molar-refractivity contribution is -0.133. The molecule has 0 aliphatic carbocycles. The summed E-state index contributed by atoms with van der Waals surface area (Å²) in [6, 6.07) is 17.4. The fourth-order valence-electron chi connectivity index (χ4n) is 4.14. The Labute approximate surface area is 206 Å². The van der Waals surface area contributed by atoms with Crippen LogP contribution in [0.1, 0.15) is 21.8 Å². The molecule has 5 rings (SSSR count). The van der Waals surface area contributed by atoms with E-state index in [9.17, 15) is 14.9 Å². The van der Waals surface area contributed by atoms with Crippen molar-refractivity contribution in [1.82, 2.24) is 15.2 Å². The Balaban J connectivity index is 1.28. The average molecular weight is 486 g/mol. The van der Waals surface area contributed by atoms with Crippen LogP contribution in [0.25, 0.3) is 11.7 Å². The Hall–Kier alpha value is -4.78. The third kappa shape index (κ3) is 4.86. The highest BCUT2D eigenvalue weighted by Crippen LogP contribution is 2.29. The molecule has 1 N–H and O–H groups in total. The van der Waals surface area contributed by atoms with Crippen molar-refractivity contribution >= 4 is 17.7 Å². The van der Waals surface area contributed by atoms with E-state index in [-0.39, 0.29) is 23.3 Å². The molecule has 3 aromatic heterocycles. The Bertz CT molecular complexity index is 1350. The highest BCUT2D eigenvalue weighted by atomic mass is 16.4. The van der Waals surface area contributed by atoms with Crippen LogP contribution >= 0.6 is 0 Å². The lowest BCUT2D eigenvalue weighted by atomic mass is 10.0. The zero-order chi connectivity index (χ0) is 24.9. The Morgan fingerprint density at radius 1 is 1.00 bits per heavy atom. The molecule has 1 saturated heterocycles. The van der Waals surface area contributed by atoms with E-state index < -0.39 is 11.9 Å². The number of carbonyl (C=O) groups excluding carboxylic acids is 2. The molecule has 0 radical (unpaired) electrons. The molecule has 1 aromatic carbocycles. The molecule has 0 saturated carbocycles. The number of nitrogens with zero attached hydrogens (tertiary/aromatic N) is 4. The van der Waals surface area contributed by atoms with Crippen LogP contribution in [0.3, 0.4) is 0 Å². The summed E-state index contributed by atoms with van der Waals surface area (Å²) in [7, 11) is 0. The molecule has 1 aliphatic heterocycles. The number of nitrogens with one attached hydrogen (secondary N) is 1. The lowest BCUT2D eigenvalue weighted by Crippen LogP contribution is -2.55. The molecule has 1 aliphatic rings. The van der Waals surface area contributed by atoms with Gasteiger partial charge in [-0.2, -0.15) is 10.2 Å². The Morgan fingerprint density at radius 3 is 2.42 bits per heavy atom. The van der Waals surface area contributed by atoms with Crippen molar-refractivity contribution in [2.45, 2.75) is 12.5 Å². The highest BCUT2D eigenvalue weighted by Gasteiger charge is 2.31. The summed E-state index contributed by atoms with van der Waals surface area (Å²) >= 11 is 0. The van der Waals surface area contributed by atoms with Gasteiger partial charge in [-0.05, 0) is 29.8 Å². The van der Waals surface area contributed by atoms with Gasteiger partial charge in [0.05, 0.1) is 12.5 Å². The van der Waals surface area contributed by atoms with Crippen molar-refractivity contribution in [3.05, 3.63) is 84.1 Å². The van der Waals surface area contributed by atoms with Crippen molar-refractivity contribution in [3.8, 4) is 17.7 Å². The largest absolute Gasteiger partial charge is 0.459 e. The van der Waals surface area contributed by atoms with Crippen LogP contribution in [0, 0.1) is 11.3 Å². The van der Waals surface area contributed by atoms with E-state index in [0.29, 0.717) is 44.2 Å². The van der Waals surface area contributed by atoms with Crippen LogP contribution in [-0.2, 0) is 11.2 Å². The van der Waals surface area contributed by atoms with Gasteiger partial charge in [-0.3, -0.25) is 9.59 Å². The van der Waals surface area contributed by atoms with Gasteiger partial charge in [-0.1, -0.05) is 30.3 Å². The summed E-state index contributed by atoms with van der Waals surface area (Å²) in [6.07, 6.45) is 3.27. The van der Waals surface area contributed by atoms with E-state index in [2.05, 4.69) is 16.4 Å². The third-order valence-electron chi connectivity index (χ3n) is 5.96. The van der Waals surface area contributed by atoms with Crippen LogP contribution in [0.5, 0.6) is 0 Å². The number of oxazole rings is 1. The number of hydrogen-bond acceptors (Lipinski definition) is 8. The standard InChI is InChI=1S/C26H23N5O5/c27-17-20-26(36-24(29-20)22-9-5-15-35-22)31-12-10-30(11-13-31)25(33)19(16-18-6-2-1-3-7-18)28-23(32)21-8-4-14-34-21/h1-9,14-15,19H,10-13,16H2,(H,28,32). The summed E-state index contributed by atoms with van der Waals surface area (Å²) in [6.45, 7) is 1.67. The molecule has 1 unspecified atom stereocenters. The molecule has 36 heavy (non-hydrogen) atoms. The smallest absolute Gasteiger partial charge is 0.287 e. The fourth-order valence-corrected chi connectivity index (χ4v) is 4.14. The number of piperazine rings is 1. The number of carbonyl (C=O) groups is 2.